The molecule has 2 aromatic carbocycles. The zero-order chi connectivity index (χ0) is 23.6. The predicted octanol–water partition coefficient (Wildman–Crippen LogP) is 1.75. The van der Waals surface area contributed by atoms with Gasteiger partial charge in [0, 0.05) is 31.4 Å². The van der Waals surface area contributed by atoms with E-state index in [0.717, 1.165) is 5.56 Å². The number of amides is 1. The molecule has 0 bridgehead atoms. The molecule has 2 rings (SSSR count). The van der Waals surface area contributed by atoms with E-state index in [1.165, 1.54) is 26.4 Å². The van der Waals surface area contributed by atoms with E-state index in [0.29, 0.717) is 36.6 Å². The van der Waals surface area contributed by atoms with Crippen LogP contribution >= 0.6 is 0 Å². The largest absolute Gasteiger partial charge is 0.497 e. The molecule has 0 saturated carbocycles. The van der Waals surface area contributed by atoms with Gasteiger partial charge in [0.05, 0.1) is 20.8 Å². The average molecular weight is 465 g/mol. The first-order chi connectivity index (χ1) is 15.3. The molecule has 0 aliphatic rings. The summed E-state index contributed by atoms with van der Waals surface area (Å²) in [4.78, 5) is 12.0. The van der Waals surface area contributed by atoms with Crippen molar-refractivity contribution in [2.45, 2.75) is 11.3 Å². The zero-order valence-corrected chi connectivity index (χ0v) is 19.1. The highest BCUT2D eigenvalue weighted by Gasteiger charge is 2.16. The fraction of sp³-hybridized carbons (Fsp3) is 0.318. The summed E-state index contributed by atoms with van der Waals surface area (Å²) in [5, 5.41) is 8.06. The monoisotopic (exact) mass is 464 g/mol. The fourth-order valence-corrected chi connectivity index (χ4v) is 3.52. The molecule has 0 aliphatic carbocycles. The highest BCUT2D eigenvalue weighted by molar-refractivity contribution is 7.89. The van der Waals surface area contributed by atoms with Crippen molar-refractivity contribution in [3.05, 3.63) is 53.6 Å². The molecule has 0 unspecified atom stereocenters. The van der Waals surface area contributed by atoms with Gasteiger partial charge < -0.3 is 24.3 Å². The summed E-state index contributed by atoms with van der Waals surface area (Å²) in [5.74, 6) is 1.09. The number of rotatable bonds is 12. The second-order valence-electron chi connectivity index (χ2n) is 6.65. The van der Waals surface area contributed by atoms with Crippen LogP contribution in [-0.4, -0.2) is 55.4 Å². The summed E-state index contributed by atoms with van der Waals surface area (Å²) >= 11 is 0. The van der Waals surface area contributed by atoms with E-state index in [1.54, 1.807) is 43.5 Å². The Kier molecular flexibility index (Phi) is 9.51. The first-order valence-corrected chi connectivity index (χ1v) is 11.3. The van der Waals surface area contributed by atoms with Gasteiger partial charge in [0.2, 0.25) is 15.9 Å². The number of hydrogen-bond donors (Lipinski definition) is 2. The quantitative estimate of drug-likeness (QED) is 0.362. The Morgan fingerprint density at radius 2 is 1.81 bits per heavy atom. The standard InChI is InChI=1S/C22H28N2O7S/c1-28-12-13-31-19-8-4-16(14-21(19)32(23,26)27)10-11-24-22(25)9-6-17-5-7-18(29-2)15-20(17)30-3/h4-9,14-15H,10-13H2,1-3H3,(H,24,25)(H2,23,26,27)/b9-6+. The van der Waals surface area contributed by atoms with Crippen LogP contribution in [0.1, 0.15) is 11.1 Å². The highest BCUT2D eigenvalue weighted by atomic mass is 32.2. The molecule has 0 atom stereocenters. The molecule has 174 valence electrons. The van der Waals surface area contributed by atoms with Gasteiger partial charge in [0.15, 0.2) is 0 Å². The Morgan fingerprint density at radius 1 is 1.03 bits per heavy atom. The molecule has 3 N–H and O–H groups in total. The number of sulfonamides is 1. The van der Waals surface area contributed by atoms with Crippen LogP contribution in [0.4, 0.5) is 0 Å². The number of nitrogens with one attached hydrogen (secondary N) is 1. The van der Waals surface area contributed by atoms with E-state index in [-0.39, 0.29) is 23.2 Å². The molecule has 0 heterocycles. The van der Waals surface area contributed by atoms with Crippen LogP contribution in [0.5, 0.6) is 17.2 Å². The lowest BCUT2D eigenvalue weighted by Crippen LogP contribution is -2.23. The number of primary sulfonamides is 1. The Morgan fingerprint density at radius 3 is 2.47 bits per heavy atom. The van der Waals surface area contributed by atoms with Crippen LogP contribution < -0.4 is 24.7 Å². The summed E-state index contributed by atoms with van der Waals surface area (Å²) in [6.07, 6.45) is 3.44. The van der Waals surface area contributed by atoms with Gasteiger partial charge in [-0.05, 0) is 42.3 Å². The van der Waals surface area contributed by atoms with Gasteiger partial charge in [-0.1, -0.05) is 6.07 Å². The lowest BCUT2D eigenvalue weighted by Gasteiger charge is -2.12. The van der Waals surface area contributed by atoms with Crippen molar-refractivity contribution < 1.29 is 32.2 Å². The smallest absolute Gasteiger partial charge is 0.244 e. The van der Waals surface area contributed by atoms with Crippen LogP contribution in [0.2, 0.25) is 0 Å². The maximum absolute atomic E-state index is 12.1. The third kappa shape index (κ3) is 7.56. The van der Waals surface area contributed by atoms with E-state index in [2.05, 4.69) is 5.32 Å². The van der Waals surface area contributed by atoms with Gasteiger partial charge in [-0.15, -0.1) is 0 Å². The summed E-state index contributed by atoms with van der Waals surface area (Å²) in [5.41, 5.74) is 1.42. The fourth-order valence-electron chi connectivity index (χ4n) is 2.80. The van der Waals surface area contributed by atoms with Crippen molar-refractivity contribution in [1.29, 1.82) is 0 Å². The zero-order valence-electron chi connectivity index (χ0n) is 18.3. The van der Waals surface area contributed by atoms with Crippen LogP contribution in [-0.2, 0) is 26.0 Å². The molecule has 2 aromatic rings. The molecule has 0 spiro atoms. The molecule has 1 amide bonds. The Labute approximate surface area is 188 Å². The molecule has 10 heteroatoms. The van der Waals surface area contributed by atoms with E-state index >= 15 is 0 Å². The van der Waals surface area contributed by atoms with Crippen LogP contribution in [0.25, 0.3) is 6.08 Å². The number of nitrogens with two attached hydrogens (primary N) is 1. The topological polar surface area (TPSA) is 126 Å². The normalized spacial score (nSPS) is 11.4. The molecule has 0 aromatic heterocycles. The number of carbonyl (C=O) groups is 1. The number of methoxy groups -OCH3 is 3. The molecule has 0 fully saturated rings. The molecule has 0 aliphatic heterocycles. The molecule has 0 radical (unpaired) electrons. The van der Waals surface area contributed by atoms with Crippen molar-refractivity contribution in [1.82, 2.24) is 5.32 Å². The Balaban J connectivity index is 1.98. The van der Waals surface area contributed by atoms with Crippen molar-refractivity contribution in [2.24, 2.45) is 5.14 Å². The van der Waals surface area contributed by atoms with Gasteiger partial charge in [-0.25, -0.2) is 13.6 Å². The van der Waals surface area contributed by atoms with E-state index < -0.39 is 10.0 Å². The summed E-state index contributed by atoms with van der Waals surface area (Å²) < 4.78 is 44.6. The lowest BCUT2D eigenvalue weighted by atomic mass is 10.1. The van der Waals surface area contributed by atoms with Crippen LogP contribution in [0.3, 0.4) is 0 Å². The van der Waals surface area contributed by atoms with Crippen LogP contribution in [0, 0.1) is 0 Å². The van der Waals surface area contributed by atoms with Gasteiger partial charge in [-0.2, -0.15) is 0 Å². The van der Waals surface area contributed by atoms with Gasteiger partial charge in [-0.3, -0.25) is 4.79 Å². The lowest BCUT2D eigenvalue weighted by molar-refractivity contribution is -0.116. The van der Waals surface area contributed by atoms with Crippen molar-refractivity contribution in [2.75, 3.05) is 41.1 Å². The highest BCUT2D eigenvalue weighted by Crippen LogP contribution is 2.26. The minimum absolute atomic E-state index is 0.107. The summed E-state index contributed by atoms with van der Waals surface area (Å²) in [6, 6.07) is 9.99. The van der Waals surface area contributed by atoms with Crippen molar-refractivity contribution in [3.8, 4) is 17.2 Å². The second-order valence-corrected chi connectivity index (χ2v) is 8.18. The first kappa shape index (κ1) is 25.2. The SMILES string of the molecule is COCCOc1ccc(CCNC(=O)/C=C/c2ccc(OC)cc2OC)cc1S(N)(=O)=O. The maximum atomic E-state index is 12.1. The number of carbonyl (C=O) groups excluding carboxylic acids is 1. The minimum atomic E-state index is -3.97. The van der Waals surface area contributed by atoms with Crippen molar-refractivity contribution >= 4 is 22.0 Å². The number of hydrogen-bond acceptors (Lipinski definition) is 7. The van der Waals surface area contributed by atoms with Gasteiger partial charge in [0.25, 0.3) is 0 Å². The Bertz CT molecular complexity index is 1050. The number of benzene rings is 2. The third-order valence-corrected chi connectivity index (χ3v) is 5.36. The van der Waals surface area contributed by atoms with Gasteiger partial charge in [0.1, 0.15) is 28.8 Å². The van der Waals surface area contributed by atoms with Gasteiger partial charge >= 0.3 is 0 Å². The molecular weight excluding hydrogens is 436 g/mol. The summed E-state index contributed by atoms with van der Waals surface area (Å²) in [7, 11) is 0.646. The van der Waals surface area contributed by atoms with E-state index in [9.17, 15) is 13.2 Å². The Hall–Kier alpha value is -3.08. The molecule has 0 saturated heterocycles. The first-order valence-electron chi connectivity index (χ1n) is 9.74. The molecular formula is C22H28N2O7S. The maximum Gasteiger partial charge on any atom is 0.244 e. The third-order valence-electron chi connectivity index (χ3n) is 4.43. The minimum Gasteiger partial charge on any atom is -0.497 e. The second kappa shape index (κ2) is 12.1. The van der Waals surface area contributed by atoms with E-state index in [1.807, 2.05) is 0 Å². The van der Waals surface area contributed by atoms with Crippen molar-refractivity contribution in [3.63, 3.8) is 0 Å². The van der Waals surface area contributed by atoms with Crippen LogP contribution in [0.15, 0.2) is 47.4 Å². The number of ether oxygens (including phenoxy) is 4. The predicted molar refractivity (Wildman–Crippen MR) is 120 cm³/mol. The molecule has 9 nitrogen and oxygen atoms in total. The molecule has 32 heavy (non-hydrogen) atoms. The average Bonchev–Trinajstić information content (AvgIpc) is 2.77. The van der Waals surface area contributed by atoms with E-state index in [4.69, 9.17) is 24.1 Å². The summed E-state index contributed by atoms with van der Waals surface area (Å²) in [6.45, 7) is 0.810.